The first-order valence-corrected chi connectivity index (χ1v) is 17.3. The Morgan fingerprint density at radius 1 is 0.826 bits per heavy atom. The molecule has 0 radical (unpaired) electrons. The number of benzene rings is 2. The van der Waals surface area contributed by atoms with Gasteiger partial charge in [0.05, 0.1) is 22.5 Å². The summed E-state index contributed by atoms with van der Waals surface area (Å²) in [5.41, 5.74) is 3.46. The average molecular weight is 975 g/mol. The number of terminal acetylenes is 1. The minimum atomic E-state index is -0.166. The second-order valence-electron chi connectivity index (χ2n) is 9.66. The fraction of sp³-hybridized carbons (Fsp3) is 0.294. The normalized spacial score (nSPS) is 9.52. The third-order valence-electron chi connectivity index (χ3n) is 5.91. The van der Waals surface area contributed by atoms with Crippen LogP contribution in [0.25, 0.3) is 0 Å². The van der Waals surface area contributed by atoms with E-state index in [1.165, 1.54) is 12.8 Å². The minimum Gasteiger partial charge on any atom is -1.00 e. The average Bonchev–Trinajstić information content (AvgIpc) is 3.55. The van der Waals surface area contributed by atoms with Gasteiger partial charge in [-0.25, -0.2) is 0 Å². The first-order valence-electron chi connectivity index (χ1n) is 14.4. The van der Waals surface area contributed by atoms with Crippen molar-refractivity contribution in [3.8, 4) is 24.2 Å². The zero-order chi connectivity index (χ0) is 33.2. The van der Waals surface area contributed by atoms with Crippen LogP contribution in [0.1, 0.15) is 78.7 Å². The topological polar surface area (TPSA) is 93.8 Å². The van der Waals surface area contributed by atoms with Gasteiger partial charge in [0.15, 0.2) is 0 Å². The van der Waals surface area contributed by atoms with Crippen molar-refractivity contribution in [3.63, 3.8) is 0 Å². The van der Waals surface area contributed by atoms with Crippen molar-refractivity contribution in [2.45, 2.75) is 52.4 Å². The maximum Gasteiger partial charge on any atom is 0.260 e. The summed E-state index contributed by atoms with van der Waals surface area (Å²) in [4.78, 5) is 24.4. The lowest BCUT2D eigenvalue weighted by Crippen LogP contribution is -3.00. The van der Waals surface area contributed by atoms with E-state index in [1.807, 2.05) is 71.1 Å². The van der Waals surface area contributed by atoms with Gasteiger partial charge in [0, 0.05) is 49.4 Å². The second kappa shape index (κ2) is 22.8. The number of halogens is 4. The van der Waals surface area contributed by atoms with Crippen molar-refractivity contribution in [2.75, 3.05) is 10.6 Å². The third kappa shape index (κ3) is 14.4. The van der Waals surface area contributed by atoms with E-state index in [2.05, 4.69) is 91.0 Å². The maximum atomic E-state index is 12.4. The highest BCUT2D eigenvalue weighted by atomic mass is 127. The van der Waals surface area contributed by atoms with Gasteiger partial charge in [0.2, 0.25) is 0 Å². The largest absolute Gasteiger partial charge is 1.00 e. The lowest BCUT2D eigenvalue weighted by Gasteiger charge is -2.06. The van der Waals surface area contributed by atoms with Gasteiger partial charge in [-0.05, 0) is 98.2 Å². The molecule has 4 aromatic rings. The van der Waals surface area contributed by atoms with Gasteiger partial charge >= 0.3 is 0 Å². The van der Waals surface area contributed by atoms with E-state index in [-0.39, 0.29) is 28.8 Å². The van der Waals surface area contributed by atoms with Gasteiger partial charge in [-0.2, -0.15) is 10.2 Å². The first kappa shape index (κ1) is 41.4. The fourth-order valence-electron chi connectivity index (χ4n) is 3.57. The quantitative estimate of drug-likeness (QED) is 0.135. The monoisotopic (exact) mass is 973 g/mol. The Morgan fingerprint density at radius 3 is 1.76 bits per heavy atom. The number of anilines is 2. The van der Waals surface area contributed by atoms with Crippen LogP contribution in [0, 0.1) is 31.6 Å². The van der Waals surface area contributed by atoms with E-state index < -0.39 is 0 Å². The number of hydrogen-bond acceptors (Lipinski definition) is 4. The molecule has 2 amide bonds. The molecule has 0 spiro atoms. The van der Waals surface area contributed by atoms with Gasteiger partial charge in [0.1, 0.15) is 7.40 Å². The SMILES string of the molecule is C#CCCCC.CCCCC#Cc1ccccc1NC(=O)c1cn(C)nc1I.Cn1cc(C(=O)Nc2ccccc2Br)c(I)n1.[Br-]. The Morgan fingerprint density at radius 2 is 1.30 bits per heavy atom. The molecule has 244 valence electrons. The van der Waals surface area contributed by atoms with Crippen LogP contribution in [0.5, 0.6) is 0 Å². The van der Waals surface area contributed by atoms with E-state index in [0.29, 0.717) is 18.5 Å². The van der Waals surface area contributed by atoms with Crippen molar-refractivity contribution < 1.29 is 26.6 Å². The molecular formula is C34H37Br2I2N6O2-. The van der Waals surface area contributed by atoms with Gasteiger partial charge in [-0.1, -0.05) is 62.8 Å². The number of rotatable bonds is 8. The van der Waals surface area contributed by atoms with Crippen molar-refractivity contribution >= 4 is 84.3 Å². The molecule has 2 heterocycles. The number of hydrogen-bond donors (Lipinski definition) is 2. The highest BCUT2D eigenvalue weighted by Gasteiger charge is 2.15. The number of carbonyl (C=O) groups excluding carboxylic acids is 2. The Hall–Kier alpha value is -2.66. The van der Waals surface area contributed by atoms with Crippen LogP contribution in [0.15, 0.2) is 65.4 Å². The minimum absolute atomic E-state index is 0. The van der Waals surface area contributed by atoms with Crippen LogP contribution in [0.2, 0.25) is 0 Å². The zero-order valence-electron chi connectivity index (χ0n) is 26.2. The van der Waals surface area contributed by atoms with Crippen LogP contribution in [0.3, 0.4) is 0 Å². The number of aryl methyl sites for hydroxylation is 2. The lowest BCUT2D eigenvalue weighted by molar-refractivity contribution is -0.0000241. The molecule has 0 atom stereocenters. The summed E-state index contributed by atoms with van der Waals surface area (Å²) in [6, 6.07) is 15.1. The highest BCUT2D eigenvalue weighted by molar-refractivity contribution is 14.1. The van der Waals surface area contributed by atoms with E-state index >= 15 is 0 Å². The Balaban J connectivity index is 0.000000392. The molecule has 0 unspecified atom stereocenters. The predicted molar refractivity (Wildman–Crippen MR) is 203 cm³/mol. The van der Waals surface area contributed by atoms with Gasteiger partial charge in [0.25, 0.3) is 11.8 Å². The highest BCUT2D eigenvalue weighted by Crippen LogP contribution is 2.22. The lowest BCUT2D eigenvalue weighted by atomic mass is 10.1. The van der Waals surface area contributed by atoms with Gasteiger partial charge in [-0.3, -0.25) is 19.0 Å². The first-order chi connectivity index (χ1) is 21.6. The van der Waals surface area contributed by atoms with E-state index in [9.17, 15) is 9.59 Å². The summed E-state index contributed by atoms with van der Waals surface area (Å²) in [6.07, 6.45) is 14.8. The molecule has 0 saturated heterocycles. The molecule has 0 aliphatic rings. The molecular weight excluding hydrogens is 938 g/mol. The van der Waals surface area contributed by atoms with Crippen LogP contribution in [-0.2, 0) is 14.1 Å². The Labute approximate surface area is 318 Å². The zero-order valence-corrected chi connectivity index (χ0v) is 33.7. The Kier molecular flexibility index (Phi) is 20.5. The van der Waals surface area contributed by atoms with Gasteiger partial charge < -0.3 is 27.6 Å². The van der Waals surface area contributed by atoms with Crippen molar-refractivity contribution in [3.05, 3.63) is 89.5 Å². The molecule has 12 heteroatoms. The smallest absolute Gasteiger partial charge is 0.260 e. The summed E-state index contributed by atoms with van der Waals surface area (Å²) in [5.74, 6) is 8.53. The van der Waals surface area contributed by atoms with E-state index in [4.69, 9.17) is 6.42 Å². The van der Waals surface area contributed by atoms with E-state index in [1.54, 1.807) is 35.9 Å². The van der Waals surface area contributed by atoms with Crippen molar-refractivity contribution in [2.24, 2.45) is 14.1 Å². The molecule has 0 bridgehead atoms. The molecule has 46 heavy (non-hydrogen) atoms. The second-order valence-corrected chi connectivity index (χ2v) is 12.6. The number of nitrogens with zero attached hydrogens (tertiary/aromatic N) is 4. The summed E-state index contributed by atoms with van der Waals surface area (Å²) in [6.45, 7) is 4.28. The molecule has 0 aliphatic heterocycles. The van der Waals surface area contributed by atoms with Crippen LogP contribution in [0.4, 0.5) is 11.4 Å². The van der Waals surface area contributed by atoms with Crippen LogP contribution >= 0.6 is 61.1 Å². The van der Waals surface area contributed by atoms with Crippen molar-refractivity contribution in [1.82, 2.24) is 19.6 Å². The summed E-state index contributed by atoms with van der Waals surface area (Å²) < 4.78 is 5.48. The standard InChI is InChI=1S/C17H18IN3O.C11H9BrIN3O.C6H10.BrH/c1-3-4-5-6-9-13-10-7-8-11-15(13)19-17(22)14-12-21(2)20-16(14)18;1-16-6-7(10(13)15-16)11(17)14-9-5-3-2-4-8(9)12;1-3-5-6-4-2;/h7-8,10-12H,3-5H2,1-2H3,(H,19,22);2-6H,1H3,(H,14,17);1H,4-6H2,2H3;1H/p-1. The molecule has 2 N–H and O–H groups in total. The van der Waals surface area contributed by atoms with Crippen LogP contribution in [-0.4, -0.2) is 31.4 Å². The molecule has 2 aromatic carbocycles. The van der Waals surface area contributed by atoms with Crippen molar-refractivity contribution in [1.29, 1.82) is 0 Å². The fourth-order valence-corrected chi connectivity index (χ4v) is 5.40. The molecule has 8 nitrogen and oxygen atoms in total. The number of amides is 2. The molecule has 4 rings (SSSR count). The molecule has 0 aliphatic carbocycles. The number of nitrogens with one attached hydrogen (secondary N) is 2. The number of aromatic nitrogens is 4. The number of para-hydroxylation sites is 2. The van der Waals surface area contributed by atoms with Crippen LogP contribution < -0.4 is 27.6 Å². The summed E-state index contributed by atoms with van der Waals surface area (Å²) in [7, 11) is 3.59. The van der Waals surface area contributed by atoms with E-state index in [0.717, 1.165) is 47.1 Å². The molecule has 2 aromatic heterocycles. The maximum absolute atomic E-state index is 12.4. The number of unbranched alkanes of at least 4 members (excludes halogenated alkanes) is 4. The Bertz CT molecular complexity index is 1670. The summed E-state index contributed by atoms with van der Waals surface area (Å²) in [5, 5.41) is 14.1. The van der Waals surface area contributed by atoms with Gasteiger partial charge in [-0.15, -0.1) is 12.3 Å². The third-order valence-corrected chi connectivity index (χ3v) is 8.19. The molecule has 0 fully saturated rings. The summed E-state index contributed by atoms with van der Waals surface area (Å²) >= 11 is 7.49. The molecule has 0 saturated carbocycles. The predicted octanol–water partition coefficient (Wildman–Crippen LogP) is 5.67. The number of carbonyl (C=O) groups is 2.